The van der Waals surface area contributed by atoms with Gasteiger partial charge in [0.05, 0.1) is 5.60 Å². The molecule has 0 spiro atoms. The average Bonchev–Trinajstić information content (AvgIpc) is 1.83. The van der Waals surface area contributed by atoms with Gasteiger partial charge in [0, 0.05) is 0 Å². The van der Waals surface area contributed by atoms with Crippen molar-refractivity contribution in [3.63, 3.8) is 0 Å². The third kappa shape index (κ3) is 8.99. The Kier molecular flexibility index (Phi) is 4.38. The van der Waals surface area contributed by atoms with Crippen molar-refractivity contribution in [3.05, 3.63) is 0 Å². The van der Waals surface area contributed by atoms with Gasteiger partial charge >= 0.3 is 5.97 Å². The molecule has 0 heterocycles. The van der Waals surface area contributed by atoms with E-state index in [4.69, 9.17) is 9.84 Å². The summed E-state index contributed by atoms with van der Waals surface area (Å²) in [5.74, 6) is 4.20. The molecule has 0 radical (unpaired) electrons. The molecule has 68 valence electrons. The summed E-state index contributed by atoms with van der Waals surface area (Å²) in [7, 11) is 0. The molecule has 0 aliphatic rings. The second-order valence-corrected chi connectivity index (χ2v) is 3.33. The van der Waals surface area contributed by atoms with Gasteiger partial charge in [-0.05, 0) is 20.8 Å². The first kappa shape index (κ1) is 11.0. The van der Waals surface area contributed by atoms with Gasteiger partial charge in [0.1, 0.15) is 13.0 Å². The first-order chi connectivity index (χ1) is 5.42. The number of aliphatic carboxylic acids is 1. The first-order valence-corrected chi connectivity index (χ1v) is 3.73. The number of rotatable bonds is 2. The van der Waals surface area contributed by atoms with E-state index in [1.165, 1.54) is 0 Å². The van der Waals surface area contributed by atoms with Gasteiger partial charge in [0.2, 0.25) is 0 Å². The molecule has 0 aromatic heterocycles. The Morgan fingerprint density at radius 1 is 1.42 bits per heavy atom. The predicted molar refractivity (Wildman–Crippen MR) is 45.7 cm³/mol. The van der Waals surface area contributed by atoms with Crippen LogP contribution < -0.4 is 0 Å². The lowest BCUT2D eigenvalue weighted by Crippen LogP contribution is -2.19. The molecule has 0 aliphatic heterocycles. The Balaban J connectivity index is 3.53. The van der Waals surface area contributed by atoms with E-state index in [1.807, 2.05) is 20.8 Å². The zero-order valence-corrected chi connectivity index (χ0v) is 7.68. The molecule has 0 atom stereocenters. The average molecular weight is 170 g/mol. The third-order valence-corrected chi connectivity index (χ3v) is 0.942. The molecule has 0 fully saturated rings. The van der Waals surface area contributed by atoms with E-state index in [0.29, 0.717) is 0 Å². The van der Waals surface area contributed by atoms with Crippen molar-refractivity contribution < 1.29 is 14.6 Å². The van der Waals surface area contributed by atoms with Crippen molar-refractivity contribution in [1.82, 2.24) is 0 Å². The lowest BCUT2D eigenvalue weighted by atomic mass is 10.2. The second kappa shape index (κ2) is 4.78. The maximum Gasteiger partial charge on any atom is 0.315 e. The van der Waals surface area contributed by atoms with Crippen LogP contribution in [0.1, 0.15) is 27.2 Å². The first-order valence-electron chi connectivity index (χ1n) is 3.73. The van der Waals surface area contributed by atoms with E-state index in [1.54, 1.807) is 0 Å². The van der Waals surface area contributed by atoms with Crippen LogP contribution in [0.3, 0.4) is 0 Å². The predicted octanol–water partition coefficient (Wildman–Crippen LogP) is 1.28. The largest absolute Gasteiger partial charge is 0.481 e. The van der Waals surface area contributed by atoms with Crippen LogP contribution in [0.4, 0.5) is 0 Å². The topological polar surface area (TPSA) is 46.5 Å². The van der Waals surface area contributed by atoms with E-state index in [2.05, 4.69) is 11.8 Å². The summed E-state index contributed by atoms with van der Waals surface area (Å²) in [6.45, 7) is 6.06. The molecule has 0 unspecified atom stereocenters. The Labute approximate surface area is 72.7 Å². The van der Waals surface area contributed by atoms with Crippen molar-refractivity contribution in [1.29, 1.82) is 0 Å². The van der Waals surface area contributed by atoms with Crippen LogP contribution in [0.5, 0.6) is 0 Å². The maximum absolute atomic E-state index is 10.0. The molecule has 0 amide bonds. The summed E-state index contributed by atoms with van der Waals surface area (Å²) < 4.78 is 5.24. The Hall–Kier alpha value is -1.01. The minimum absolute atomic E-state index is 0.118. The molecule has 3 heteroatoms. The molecule has 0 aromatic carbocycles. The van der Waals surface area contributed by atoms with Gasteiger partial charge in [0.25, 0.3) is 0 Å². The van der Waals surface area contributed by atoms with Crippen LogP contribution in [0.25, 0.3) is 0 Å². The summed E-state index contributed by atoms with van der Waals surface area (Å²) in [6, 6.07) is 0. The molecule has 0 rings (SSSR count). The van der Waals surface area contributed by atoms with Gasteiger partial charge in [0.15, 0.2) is 0 Å². The quantitative estimate of drug-likeness (QED) is 0.635. The molecular weight excluding hydrogens is 156 g/mol. The number of hydrogen-bond donors (Lipinski definition) is 1. The Morgan fingerprint density at radius 2 is 2.00 bits per heavy atom. The number of hydrogen-bond acceptors (Lipinski definition) is 2. The van der Waals surface area contributed by atoms with E-state index in [9.17, 15) is 4.79 Å². The highest BCUT2D eigenvalue weighted by Gasteiger charge is 2.07. The molecular formula is C9H14O3. The molecule has 1 N–H and O–H groups in total. The minimum atomic E-state index is -0.904. The summed E-state index contributed by atoms with van der Waals surface area (Å²) in [5.41, 5.74) is -0.210. The zero-order chi connectivity index (χ0) is 9.61. The normalized spacial score (nSPS) is 10.2. The molecule has 0 aromatic rings. The fourth-order valence-electron chi connectivity index (χ4n) is 0.442. The van der Waals surface area contributed by atoms with Gasteiger partial charge in [-0.1, -0.05) is 11.8 Å². The fraction of sp³-hybridized carbons (Fsp3) is 0.667. The smallest absolute Gasteiger partial charge is 0.315 e. The van der Waals surface area contributed by atoms with Gasteiger partial charge in [-0.15, -0.1) is 0 Å². The van der Waals surface area contributed by atoms with Crippen molar-refractivity contribution in [2.24, 2.45) is 0 Å². The van der Waals surface area contributed by atoms with Crippen LogP contribution >= 0.6 is 0 Å². The monoisotopic (exact) mass is 170 g/mol. The van der Waals surface area contributed by atoms with E-state index < -0.39 is 5.97 Å². The van der Waals surface area contributed by atoms with Crippen LogP contribution in [0.15, 0.2) is 0 Å². The molecule has 0 bridgehead atoms. The van der Waals surface area contributed by atoms with Crippen molar-refractivity contribution in [2.75, 3.05) is 6.61 Å². The Morgan fingerprint density at radius 3 is 2.42 bits per heavy atom. The van der Waals surface area contributed by atoms with E-state index in [0.717, 1.165) is 0 Å². The van der Waals surface area contributed by atoms with E-state index >= 15 is 0 Å². The fourth-order valence-corrected chi connectivity index (χ4v) is 0.442. The van der Waals surface area contributed by atoms with Crippen molar-refractivity contribution in [3.8, 4) is 11.8 Å². The zero-order valence-electron chi connectivity index (χ0n) is 7.68. The number of carboxylic acids is 1. The highest BCUT2D eigenvalue weighted by Crippen LogP contribution is 2.04. The summed E-state index contributed by atoms with van der Waals surface area (Å²) in [5, 5.41) is 8.23. The van der Waals surface area contributed by atoms with Gasteiger partial charge in [-0.2, -0.15) is 0 Å². The maximum atomic E-state index is 10.0. The second-order valence-electron chi connectivity index (χ2n) is 3.33. The minimum Gasteiger partial charge on any atom is -0.481 e. The third-order valence-electron chi connectivity index (χ3n) is 0.942. The summed E-state index contributed by atoms with van der Waals surface area (Å²) in [6.07, 6.45) is -0.118. The lowest BCUT2D eigenvalue weighted by Gasteiger charge is -2.16. The highest BCUT2D eigenvalue weighted by atomic mass is 16.5. The van der Waals surface area contributed by atoms with Gasteiger partial charge < -0.3 is 9.84 Å². The SMILES string of the molecule is CC(C)(C)OCC#CCC(=O)O. The summed E-state index contributed by atoms with van der Waals surface area (Å²) >= 11 is 0. The number of carbonyl (C=O) groups is 1. The lowest BCUT2D eigenvalue weighted by molar-refractivity contribution is -0.135. The van der Waals surface area contributed by atoms with Crippen molar-refractivity contribution >= 4 is 5.97 Å². The van der Waals surface area contributed by atoms with Crippen LogP contribution in [0, 0.1) is 11.8 Å². The van der Waals surface area contributed by atoms with Crippen molar-refractivity contribution in [2.45, 2.75) is 32.8 Å². The Bertz CT molecular complexity index is 202. The summed E-state index contributed by atoms with van der Waals surface area (Å²) in [4.78, 5) is 10.0. The standard InChI is InChI=1S/C9H14O3/c1-9(2,3)12-7-5-4-6-8(10)11/h6-7H2,1-3H3,(H,10,11). The number of carboxylic acid groups (broad SMARTS) is 1. The molecule has 3 nitrogen and oxygen atoms in total. The van der Waals surface area contributed by atoms with Gasteiger partial charge in [-0.25, -0.2) is 0 Å². The molecule has 12 heavy (non-hydrogen) atoms. The van der Waals surface area contributed by atoms with Crippen LogP contribution in [-0.2, 0) is 9.53 Å². The molecule has 0 saturated heterocycles. The molecule has 0 saturated carbocycles. The highest BCUT2D eigenvalue weighted by molar-refractivity contribution is 5.69. The van der Waals surface area contributed by atoms with Crippen LogP contribution in [-0.4, -0.2) is 23.3 Å². The van der Waals surface area contributed by atoms with Crippen LogP contribution in [0.2, 0.25) is 0 Å². The molecule has 0 aliphatic carbocycles. The van der Waals surface area contributed by atoms with Gasteiger partial charge in [-0.3, -0.25) is 4.79 Å². The van der Waals surface area contributed by atoms with E-state index in [-0.39, 0.29) is 18.6 Å². The number of ether oxygens (including phenoxy) is 1.